The van der Waals surface area contributed by atoms with E-state index in [1.165, 1.54) is 0 Å². The van der Waals surface area contributed by atoms with Gasteiger partial charge in [-0.3, -0.25) is 9.59 Å². The minimum Gasteiger partial charge on any atom is -0.497 e. The van der Waals surface area contributed by atoms with Crippen LogP contribution >= 0.6 is 0 Å². The number of carbonyl (C=O) groups excluding carboxylic acids is 3. The molecular weight excluding hydrogens is 426 g/mol. The van der Waals surface area contributed by atoms with Gasteiger partial charge in [0.15, 0.2) is 11.5 Å². The van der Waals surface area contributed by atoms with Gasteiger partial charge in [0.25, 0.3) is 5.91 Å². The van der Waals surface area contributed by atoms with Crippen LogP contribution in [0.2, 0.25) is 0 Å². The number of nitrogens with zero attached hydrogens (tertiary/aromatic N) is 1. The molecule has 0 aromatic heterocycles. The van der Waals surface area contributed by atoms with Gasteiger partial charge in [-0.05, 0) is 61.6 Å². The number of amides is 4. The Kier molecular flexibility index (Phi) is 5.11. The number of methoxy groups -OCH3 is 1. The summed E-state index contributed by atoms with van der Waals surface area (Å²) in [5.41, 5.74) is 1.05. The van der Waals surface area contributed by atoms with E-state index in [1.54, 1.807) is 38.3 Å². The Labute approximate surface area is 191 Å². The number of benzene rings is 2. The van der Waals surface area contributed by atoms with Crippen LogP contribution in [0.5, 0.6) is 17.2 Å². The summed E-state index contributed by atoms with van der Waals surface area (Å²) in [4.78, 5) is 40.5. The normalized spacial score (nSPS) is 21.9. The smallest absolute Gasteiger partial charge is 0.326 e. The molecule has 172 valence electrons. The Morgan fingerprint density at radius 3 is 2.73 bits per heavy atom. The lowest BCUT2D eigenvalue weighted by Crippen LogP contribution is -2.49. The minimum absolute atomic E-state index is 0.413. The third-order valence-electron chi connectivity index (χ3n) is 6.47. The van der Waals surface area contributed by atoms with E-state index < -0.39 is 29.4 Å². The van der Waals surface area contributed by atoms with E-state index in [4.69, 9.17) is 14.2 Å². The molecule has 2 aliphatic heterocycles. The van der Waals surface area contributed by atoms with Crippen LogP contribution in [0.4, 0.5) is 10.5 Å². The number of fused-ring (bicyclic) bond motifs is 3. The zero-order valence-corrected chi connectivity index (χ0v) is 18.5. The fourth-order valence-corrected chi connectivity index (χ4v) is 4.78. The molecule has 1 saturated heterocycles. The summed E-state index contributed by atoms with van der Waals surface area (Å²) in [6.45, 7) is 2.44. The molecule has 9 heteroatoms. The Morgan fingerprint density at radius 1 is 1.15 bits per heavy atom. The monoisotopic (exact) mass is 451 g/mol. The van der Waals surface area contributed by atoms with Gasteiger partial charge in [-0.1, -0.05) is 6.07 Å². The molecule has 2 unspecified atom stereocenters. The number of hydrogen-bond acceptors (Lipinski definition) is 6. The van der Waals surface area contributed by atoms with Crippen LogP contribution in [0.15, 0.2) is 36.4 Å². The minimum atomic E-state index is -1.16. The molecule has 0 bridgehead atoms. The van der Waals surface area contributed by atoms with Crippen molar-refractivity contribution in [3.63, 3.8) is 0 Å². The van der Waals surface area contributed by atoms with Crippen LogP contribution in [-0.4, -0.2) is 49.1 Å². The van der Waals surface area contributed by atoms with Crippen molar-refractivity contribution in [3.8, 4) is 17.2 Å². The van der Waals surface area contributed by atoms with Crippen LogP contribution in [0.25, 0.3) is 0 Å². The zero-order chi connectivity index (χ0) is 23.2. The van der Waals surface area contributed by atoms with Crippen LogP contribution in [-0.2, 0) is 21.5 Å². The van der Waals surface area contributed by atoms with E-state index in [0.717, 1.165) is 28.9 Å². The molecule has 5 rings (SSSR count). The number of urea groups is 1. The highest BCUT2D eigenvalue weighted by molar-refractivity contribution is 6.11. The maximum absolute atomic E-state index is 13.6. The average molecular weight is 451 g/mol. The van der Waals surface area contributed by atoms with Crippen molar-refractivity contribution in [1.29, 1.82) is 0 Å². The molecule has 33 heavy (non-hydrogen) atoms. The predicted octanol–water partition coefficient (Wildman–Crippen LogP) is 2.58. The Morgan fingerprint density at radius 2 is 1.94 bits per heavy atom. The highest BCUT2D eigenvalue weighted by Crippen LogP contribution is 2.42. The molecule has 0 radical (unpaired) electrons. The van der Waals surface area contributed by atoms with E-state index in [2.05, 4.69) is 10.6 Å². The van der Waals surface area contributed by atoms with Crippen molar-refractivity contribution in [2.24, 2.45) is 0 Å². The van der Waals surface area contributed by atoms with E-state index in [-0.39, 0.29) is 0 Å². The van der Waals surface area contributed by atoms with Gasteiger partial charge in [0.2, 0.25) is 5.91 Å². The number of nitrogens with one attached hydrogen (secondary N) is 2. The van der Waals surface area contributed by atoms with Gasteiger partial charge < -0.3 is 24.8 Å². The Hall–Kier alpha value is -3.75. The van der Waals surface area contributed by atoms with Crippen LogP contribution in [0, 0.1) is 0 Å². The lowest BCUT2D eigenvalue weighted by molar-refractivity contribution is -0.137. The SMILES string of the molecule is COc1ccc2c(c1)CCCC21NC(=O)N(C(C)C(=O)Nc2ccc3c(c2)OCCO3)C1=O. The van der Waals surface area contributed by atoms with Gasteiger partial charge in [-0.15, -0.1) is 0 Å². The van der Waals surface area contributed by atoms with Crippen LogP contribution < -0.4 is 24.8 Å². The Balaban J connectivity index is 1.38. The number of rotatable bonds is 4. The molecule has 2 aromatic rings. The van der Waals surface area contributed by atoms with Gasteiger partial charge in [-0.2, -0.15) is 0 Å². The lowest BCUT2D eigenvalue weighted by Gasteiger charge is -2.34. The highest BCUT2D eigenvalue weighted by Gasteiger charge is 2.56. The van der Waals surface area contributed by atoms with Crippen molar-refractivity contribution in [2.75, 3.05) is 25.6 Å². The van der Waals surface area contributed by atoms with Crippen molar-refractivity contribution in [1.82, 2.24) is 10.2 Å². The van der Waals surface area contributed by atoms with Gasteiger partial charge in [0.05, 0.1) is 7.11 Å². The molecule has 0 saturated carbocycles. The maximum atomic E-state index is 13.6. The number of carbonyl (C=O) groups is 3. The summed E-state index contributed by atoms with van der Waals surface area (Å²) in [7, 11) is 1.59. The lowest BCUT2D eigenvalue weighted by atomic mass is 9.76. The number of hydrogen-bond donors (Lipinski definition) is 2. The summed E-state index contributed by atoms with van der Waals surface area (Å²) in [6, 6.07) is 9.00. The summed E-state index contributed by atoms with van der Waals surface area (Å²) in [5.74, 6) is 0.957. The second-order valence-electron chi connectivity index (χ2n) is 8.41. The van der Waals surface area contributed by atoms with E-state index in [9.17, 15) is 14.4 Å². The third-order valence-corrected chi connectivity index (χ3v) is 6.47. The number of aryl methyl sites for hydroxylation is 1. The zero-order valence-electron chi connectivity index (χ0n) is 18.5. The first-order chi connectivity index (χ1) is 15.9. The van der Waals surface area contributed by atoms with E-state index in [0.29, 0.717) is 42.6 Å². The first-order valence-corrected chi connectivity index (χ1v) is 11.0. The predicted molar refractivity (Wildman–Crippen MR) is 119 cm³/mol. The number of imide groups is 1. The molecule has 3 aliphatic rings. The van der Waals surface area contributed by atoms with Crippen molar-refractivity contribution >= 4 is 23.5 Å². The van der Waals surface area contributed by atoms with Gasteiger partial charge >= 0.3 is 6.03 Å². The third kappa shape index (κ3) is 3.44. The van der Waals surface area contributed by atoms with E-state index in [1.807, 2.05) is 12.1 Å². The largest absolute Gasteiger partial charge is 0.497 e. The molecule has 9 nitrogen and oxygen atoms in total. The molecule has 2 heterocycles. The first-order valence-electron chi connectivity index (χ1n) is 11.0. The van der Waals surface area contributed by atoms with Crippen molar-refractivity contribution in [3.05, 3.63) is 47.5 Å². The highest BCUT2D eigenvalue weighted by atomic mass is 16.6. The van der Waals surface area contributed by atoms with Gasteiger partial charge in [-0.25, -0.2) is 9.69 Å². The average Bonchev–Trinajstić information content (AvgIpc) is 3.07. The summed E-state index contributed by atoms with van der Waals surface area (Å²) in [6.07, 6.45) is 2.00. The second kappa shape index (κ2) is 7.99. The molecule has 1 fully saturated rings. The summed E-state index contributed by atoms with van der Waals surface area (Å²) >= 11 is 0. The van der Waals surface area contributed by atoms with Gasteiger partial charge in [0.1, 0.15) is 30.5 Å². The molecule has 4 amide bonds. The summed E-state index contributed by atoms with van der Waals surface area (Å²) in [5, 5.41) is 5.65. The van der Waals surface area contributed by atoms with Crippen LogP contribution in [0.1, 0.15) is 30.9 Å². The fraction of sp³-hybridized carbons (Fsp3) is 0.375. The molecular formula is C24H25N3O6. The molecule has 1 aliphatic carbocycles. The van der Waals surface area contributed by atoms with Crippen LogP contribution in [0.3, 0.4) is 0 Å². The maximum Gasteiger partial charge on any atom is 0.326 e. The molecule has 2 aromatic carbocycles. The first kappa shape index (κ1) is 21.1. The number of ether oxygens (including phenoxy) is 3. The molecule has 2 N–H and O–H groups in total. The van der Waals surface area contributed by atoms with Crippen molar-refractivity contribution in [2.45, 2.75) is 37.8 Å². The number of anilines is 1. The standard InChI is InChI=1S/C24H25N3O6/c1-14(21(28)25-16-5-8-19-20(13-16)33-11-10-32-19)27-22(29)24(26-23(27)30)9-3-4-15-12-17(31-2)6-7-18(15)24/h5-8,12-14H,3-4,9-11H2,1-2H3,(H,25,28)(H,26,30). The summed E-state index contributed by atoms with van der Waals surface area (Å²) < 4.78 is 16.4. The molecule has 2 atom stereocenters. The molecule has 1 spiro atoms. The quantitative estimate of drug-likeness (QED) is 0.692. The van der Waals surface area contributed by atoms with Gasteiger partial charge in [0, 0.05) is 11.8 Å². The van der Waals surface area contributed by atoms with E-state index >= 15 is 0 Å². The second-order valence-corrected chi connectivity index (χ2v) is 8.41. The fourth-order valence-electron chi connectivity index (χ4n) is 4.78. The Bertz CT molecular complexity index is 1150. The van der Waals surface area contributed by atoms with Crippen molar-refractivity contribution < 1.29 is 28.6 Å². The topological polar surface area (TPSA) is 106 Å².